The van der Waals surface area contributed by atoms with Gasteiger partial charge in [0, 0.05) is 4.47 Å². The molecule has 0 fully saturated rings. The summed E-state index contributed by atoms with van der Waals surface area (Å²) in [6.45, 7) is 2.03. The van der Waals surface area contributed by atoms with Crippen LogP contribution in [0.2, 0.25) is 0 Å². The van der Waals surface area contributed by atoms with Gasteiger partial charge in [-0.15, -0.1) is 0 Å². The van der Waals surface area contributed by atoms with Crippen LogP contribution in [0.1, 0.15) is 23.0 Å². The zero-order valence-corrected chi connectivity index (χ0v) is 13.6. The van der Waals surface area contributed by atoms with Gasteiger partial charge in [0.15, 0.2) is 0 Å². The second-order valence-electron chi connectivity index (χ2n) is 5.63. The molecule has 22 heavy (non-hydrogen) atoms. The lowest BCUT2D eigenvalue weighted by Gasteiger charge is -2.09. The summed E-state index contributed by atoms with van der Waals surface area (Å²) in [5, 5.41) is 3.02. The van der Waals surface area contributed by atoms with Crippen molar-refractivity contribution in [2.24, 2.45) is 0 Å². The van der Waals surface area contributed by atoms with Gasteiger partial charge in [-0.3, -0.25) is 0 Å². The quantitative estimate of drug-likeness (QED) is 0.756. The molecule has 2 aromatic carbocycles. The Morgan fingerprint density at radius 1 is 1.23 bits per heavy atom. The molecule has 2 heterocycles. The maximum Gasteiger partial charge on any atom is 0.328 e. The third kappa shape index (κ3) is 2.13. The van der Waals surface area contributed by atoms with Gasteiger partial charge in [0.25, 0.3) is 0 Å². The van der Waals surface area contributed by atoms with E-state index >= 15 is 0 Å². The molecular formula is C17H14BrN3O. The summed E-state index contributed by atoms with van der Waals surface area (Å²) in [5.41, 5.74) is 4.07. The minimum Gasteiger partial charge on any atom is -0.327 e. The monoisotopic (exact) mass is 355 g/mol. The fraction of sp³-hybridized carbons (Fsp3) is 0.176. The maximum atomic E-state index is 12.3. The molecule has 4 nitrogen and oxygen atoms in total. The fourth-order valence-corrected chi connectivity index (χ4v) is 3.20. The van der Waals surface area contributed by atoms with Crippen LogP contribution >= 0.6 is 15.9 Å². The van der Waals surface area contributed by atoms with E-state index in [2.05, 4.69) is 38.4 Å². The van der Waals surface area contributed by atoms with E-state index in [1.165, 1.54) is 5.56 Å². The van der Waals surface area contributed by atoms with Gasteiger partial charge in [0.05, 0.1) is 17.1 Å². The van der Waals surface area contributed by atoms with Crippen LogP contribution in [0.3, 0.4) is 0 Å². The molecule has 5 heteroatoms. The van der Waals surface area contributed by atoms with Crippen molar-refractivity contribution in [1.29, 1.82) is 0 Å². The fourth-order valence-electron chi connectivity index (χ4n) is 2.93. The average molecular weight is 356 g/mol. The minimum absolute atomic E-state index is 0.0821. The summed E-state index contributed by atoms with van der Waals surface area (Å²) in [4.78, 5) is 17.0. The molecule has 0 radical (unpaired) electrons. The number of carbonyl (C=O) groups is 1. The van der Waals surface area contributed by atoms with Gasteiger partial charge in [-0.25, -0.2) is 14.3 Å². The standard InChI is InChI=1S/C17H14BrN3O/c1-10-2-7-15-13(8-10)19-16-14(20-17(22)21(15)16)9-11-3-5-12(18)6-4-11/h2-8,14H,9H2,1H3,(H,20,22)/t14-/m1/s1. The second kappa shape index (κ2) is 4.95. The van der Waals surface area contributed by atoms with Crippen molar-refractivity contribution in [2.45, 2.75) is 19.4 Å². The number of imidazole rings is 1. The lowest BCUT2D eigenvalue weighted by atomic mass is 10.1. The number of carbonyl (C=O) groups excluding carboxylic acids is 1. The molecule has 0 saturated heterocycles. The molecule has 0 saturated carbocycles. The molecule has 1 N–H and O–H groups in total. The summed E-state index contributed by atoms with van der Waals surface area (Å²) in [6.07, 6.45) is 0.737. The third-order valence-electron chi connectivity index (χ3n) is 4.00. The minimum atomic E-state index is -0.0940. The van der Waals surface area contributed by atoms with Crippen LogP contribution in [-0.2, 0) is 6.42 Å². The number of halogens is 1. The van der Waals surface area contributed by atoms with Gasteiger partial charge in [0.1, 0.15) is 5.82 Å². The first kappa shape index (κ1) is 13.5. The van der Waals surface area contributed by atoms with E-state index in [0.717, 1.165) is 33.3 Å². The summed E-state index contributed by atoms with van der Waals surface area (Å²) < 4.78 is 2.74. The smallest absolute Gasteiger partial charge is 0.327 e. The molecule has 0 spiro atoms. The first-order chi connectivity index (χ1) is 10.6. The second-order valence-corrected chi connectivity index (χ2v) is 6.55. The molecular weight excluding hydrogens is 342 g/mol. The van der Waals surface area contributed by atoms with Gasteiger partial charge in [-0.1, -0.05) is 34.1 Å². The van der Waals surface area contributed by atoms with Crippen LogP contribution in [0, 0.1) is 6.92 Å². The predicted octanol–water partition coefficient (Wildman–Crippen LogP) is 3.96. The molecule has 1 atom stereocenters. The first-order valence-corrected chi connectivity index (χ1v) is 7.95. The first-order valence-electron chi connectivity index (χ1n) is 7.16. The van der Waals surface area contributed by atoms with Crippen LogP contribution in [0.5, 0.6) is 0 Å². The highest BCUT2D eigenvalue weighted by atomic mass is 79.9. The van der Waals surface area contributed by atoms with Gasteiger partial charge in [-0.2, -0.15) is 0 Å². The molecule has 1 amide bonds. The zero-order chi connectivity index (χ0) is 15.3. The predicted molar refractivity (Wildman–Crippen MR) is 89.0 cm³/mol. The van der Waals surface area contributed by atoms with E-state index < -0.39 is 0 Å². The number of nitrogens with one attached hydrogen (secondary N) is 1. The Morgan fingerprint density at radius 3 is 2.77 bits per heavy atom. The van der Waals surface area contributed by atoms with Crippen molar-refractivity contribution >= 4 is 33.0 Å². The molecule has 0 unspecified atom stereocenters. The van der Waals surface area contributed by atoms with Gasteiger partial charge in [0.2, 0.25) is 0 Å². The number of aromatic nitrogens is 2. The van der Waals surface area contributed by atoms with Crippen molar-refractivity contribution < 1.29 is 4.79 Å². The van der Waals surface area contributed by atoms with Crippen LogP contribution in [0.15, 0.2) is 46.9 Å². The SMILES string of the molecule is Cc1ccc2c(c1)nc1n2C(=O)N[C@@H]1Cc1ccc(Br)cc1. The number of nitrogens with zero attached hydrogens (tertiary/aromatic N) is 2. The highest BCUT2D eigenvalue weighted by molar-refractivity contribution is 9.10. The van der Waals surface area contributed by atoms with Crippen molar-refractivity contribution in [3.63, 3.8) is 0 Å². The molecule has 1 aliphatic heterocycles. The number of benzene rings is 2. The van der Waals surface area contributed by atoms with E-state index in [1.807, 2.05) is 37.3 Å². The highest BCUT2D eigenvalue weighted by Gasteiger charge is 2.32. The number of hydrogen-bond acceptors (Lipinski definition) is 2. The normalized spacial score (nSPS) is 16.8. The molecule has 1 aromatic heterocycles. The lowest BCUT2D eigenvalue weighted by Crippen LogP contribution is -2.22. The average Bonchev–Trinajstić information content (AvgIpc) is 3.00. The number of aryl methyl sites for hydroxylation is 1. The van der Waals surface area contributed by atoms with Crippen LogP contribution in [0.25, 0.3) is 11.0 Å². The largest absolute Gasteiger partial charge is 0.328 e. The third-order valence-corrected chi connectivity index (χ3v) is 4.53. The Hall–Kier alpha value is -2.14. The van der Waals surface area contributed by atoms with Gasteiger partial charge < -0.3 is 5.32 Å². The van der Waals surface area contributed by atoms with E-state index in [1.54, 1.807) is 4.57 Å². The Balaban J connectivity index is 1.75. The Morgan fingerprint density at radius 2 is 2.00 bits per heavy atom. The highest BCUT2D eigenvalue weighted by Crippen LogP contribution is 2.28. The number of rotatable bonds is 2. The Labute approximate surface area is 136 Å². The van der Waals surface area contributed by atoms with Gasteiger partial charge >= 0.3 is 6.03 Å². The molecule has 3 aromatic rings. The molecule has 4 rings (SSSR count). The van der Waals surface area contributed by atoms with Crippen molar-refractivity contribution in [3.05, 3.63) is 63.9 Å². The summed E-state index contributed by atoms with van der Waals surface area (Å²) in [6, 6.07) is 14.0. The Bertz CT molecular complexity index is 883. The molecule has 0 bridgehead atoms. The van der Waals surface area contributed by atoms with E-state index in [4.69, 9.17) is 0 Å². The maximum absolute atomic E-state index is 12.3. The van der Waals surface area contributed by atoms with Crippen molar-refractivity contribution in [3.8, 4) is 0 Å². The molecule has 0 aliphatic carbocycles. The van der Waals surface area contributed by atoms with Gasteiger partial charge in [-0.05, 0) is 48.7 Å². The number of fused-ring (bicyclic) bond motifs is 3. The summed E-state index contributed by atoms with van der Waals surface area (Å²) in [5.74, 6) is 0.800. The molecule has 110 valence electrons. The van der Waals surface area contributed by atoms with Crippen LogP contribution in [-0.4, -0.2) is 15.6 Å². The number of hydrogen-bond donors (Lipinski definition) is 1. The summed E-state index contributed by atoms with van der Waals surface area (Å²) in [7, 11) is 0. The molecule has 1 aliphatic rings. The van der Waals surface area contributed by atoms with E-state index in [9.17, 15) is 4.79 Å². The lowest BCUT2D eigenvalue weighted by molar-refractivity contribution is 0.245. The summed E-state index contributed by atoms with van der Waals surface area (Å²) >= 11 is 3.44. The van der Waals surface area contributed by atoms with E-state index in [0.29, 0.717) is 0 Å². The topological polar surface area (TPSA) is 46.9 Å². The van der Waals surface area contributed by atoms with E-state index in [-0.39, 0.29) is 12.1 Å². The van der Waals surface area contributed by atoms with Crippen LogP contribution in [0.4, 0.5) is 4.79 Å². The number of amides is 1. The zero-order valence-electron chi connectivity index (χ0n) is 12.0. The van der Waals surface area contributed by atoms with Crippen LogP contribution < -0.4 is 5.32 Å². The van der Waals surface area contributed by atoms with Crippen molar-refractivity contribution in [1.82, 2.24) is 14.9 Å². The Kier molecular flexibility index (Phi) is 3.04. The van der Waals surface area contributed by atoms with Crippen molar-refractivity contribution in [2.75, 3.05) is 0 Å².